The monoisotopic (exact) mass is 509 g/mol. The molecule has 0 aliphatic carbocycles. The number of halogens is 2. The number of anilines is 1. The predicted octanol–water partition coefficient (Wildman–Crippen LogP) is 6.69. The van der Waals surface area contributed by atoms with Gasteiger partial charge >= 0.3 is 0 Å². The summed E-state index contributed by atoms with van der Waals surface area (Å²) in [6.45, 7) is 4.15. The number of aryl methyl sites for hydroxylation is 2. The van der Waals surface area contributed by atoms with Gasteiger partial charge < -0.3 is 5.32 Å². The summed E-state index contributed by atoms with van der Waals surface area (Å²) in [4.78, 5) is 22.2. The Hall–Kier alpha value is -2.57. The molecule has 144 valence electrons. The second-order valence-corrected chi connectivity index (χ2v) is 8.66. The number of pyridine rings is 2. The first-order valence-corrected chi connectivity index (χ1v) is 10.6. The highest BCUT2D eigenvalue weighted by molar-refractivity contribution is 9.10. The number of carbonyl (C=O) groups excluding carboxylic acids is 1. The van der Waals surface area contributed by atoms with E-state index in [4.69, 9.17) is 4.98 Å². The van der Waals surface area contributed by atoms with Crippen molar-refractivity contribution in [2.75, 3.05) is 5.32 Å². The largest absolute Gasteiger partial charge is 0.307 e. The Kier molecular flexibility index (Phi) is 5.48. The number of benzene rings is 2. The summed E-state index contributed by atoms with van der Waals surface area (Å²) in [5, 5.41) is 3.66. The average molecular weight is 511 g/mol. The molecule has 0 bridgehead atoms. The molecule has 4 aromatic rings. The molecule has 29 heavy (non-hydrogen) atoms. The zero-order valence-corrected chi connectivity index (χ0v) is 19.0. The molecule has 0 aliphatic heterocycles. The van der Waals surface area contributed by atoms with Crippen molar-refractivity contribution in [1.29, 1.82) is 0 Å². The van der Waals surface area contributed by atoms with Gasteiger partial charge in [0.2, 0.25) is 0 Å². The van der Waals surface area contributed by atoms with E-state index in [0.717, 1.165) is 31.1 Å². The molecule has 0 aliphatic rings. The summed E-state index contributed by atoms with van der Waals surface area (Å²) in [5.41, 5.74) is 5.46. The molecule has 2 aromatic carbocycles. The predicted molar refractivity (Wildman–Crippen MR) is 124 cm³/mol. The van der Waals surface area contributed by atoms with Gasteiger partial charge in [-0.2, -0.15) is 0 Å². The highest BCUT2D eigenvalue weighted by atomic mass is 79.9. The minimum absolute atomic E-state index is 0.226. The lowest BCUT2D eigenvalue weighted by molar-refractivity contribution is 0.102. The van der Waals surface area contributed by atoms with E-state index >= 15 is 0 Å². The van der Waals surface area contributed by atoms with Crippen LogP contribution in [0.25, 0.3) is 22.2 Å². The maximum Gasteiger partial charge on any atom is 0.257 e. The molecule has 1 N–H and O–H groups in total. The third-order valence-corrected chi connectivity index (χ3v) is 5.75. The van der Waals surface area contributed by atoms with E-state index in [1.807, 2.05) is 36.4 Å². The van der Waals surface area contributed by atoms with Gasteiger partial charge in [0.05, 0.1) is 16.8 Å². The molecule has 4 nitrogen and oxygen atoms in total. The van der Waals surface area contributed by atoms with Crippen molar-refractivity contribution in [1.82, 2.24) is 9.97 Å². The van der Waals surface area contributed by atoms with Crippen LogP contribution in [0, 0.1) is 13.8 Å². The van der Waals surface area contributed by atoms with Crippen molar-refractivity contribution < 1.29 is 4.79 Å². The molecule has 2 aromatic heterocycles. The fourth-order valence-corrected chi connectivity index (χ4v) is 3.66. The number of fused-ring (bicyclic) bond motifs is 1. The molecule has 0 atom stereocenters. The molecule has 0 saturated heterocycles. The lowest BCUT2D eigenvalue weighted by atomic mass is 10.0. The van der Waals surface area contributed by atoms with Gasteiger partial charge in [0.1, 0.15) is 5.82 Å². The Balaban J connectivity index is 1.83. The summed E-state index contributed by atoms with van der Waals surface area (Å²) < 4.78 is 1.74. The molecular weight excluding hydrogens is 494 g/mol. The van der Waals surface area contributed by atoms with Crippen molar-refractivity contribution in [2.24, 2.45) is 0 Å². The van der Waals surface area contributed by atoms with E-state index in [2.05, 4.69) is 68.1 Å². The first-order valence-electron chi connectivity index (χ1n) is 9.01. The fourth-order valence-electron chi connectivity index (χ4n) is 3.07. The van der Waals surface area contributed by atoms with Gasteiger partial charge in [-0.05, 0) is 83.4 Å². The minimum Gasteiger partial charge on any atom is -0.307 e. The normalized spacial score (nSPS) is 10.9. The van der Waals surface area contributed by atoms with E-state index < -0.39 is 0 Å². The molecule has 0 spiro atoms. The number of aromatic nitrogens is 2. The Morgan fingerprint density at radius 2 is 1.69 bits per heavy atom. The number of hydrogen-bond donors (Lipinski definition) is 1. The number of hydrogen-bond acceptors (Lipinski definition) is 3. The van der Waals surface area contributed by atoms with Crippen LogP contribution in [0.1, 0.15) is 21.5 Å². The molecule has 0 fully saturated rings. The number of nitrogens with one attached hydrogen (secondary N) is 1. The quantitative estimate of drug-likeness (QED) is 0.334. The summed E-state index contributed by atoms with van der Waals surface area (Å²) >= 11 is 6.85. The zero-order chi connectivity index (χ0) is 20.5. The van der Waals surface area contributed by atoms with Crippen molar-refractivity contribution in [3.8, 4) is 11.3 Å². The Labute approximate surface area is 185 Å². The van der Waals surface area contributed by atoms with Gasteiger partial charge in [0.15, 0.2) is 0 Å². The van der Waals surface area contributed by atoms with Crippen LogP contribution >= 0.6 is 31.9 Å². The Morgan fingerprint density at radius 1 is 0.897 bits per heavy atom. The number of nitrogens with zero attached hydrogens (tertiary/aromatic N) is 2. The van der Waals surface area contributed by atoms with Crippen LogP contribution in [0.2, 0.25) is 0 Å². The summed E-state index contributed by atoms with van der Waals surface area (Å²) in [7, 11) is 0. The number of carbonyl (C=O) groups is 1. The Bertz CT molecular complexity index is 1240. The lowest BCUT2D eigenvalue weighted by Crippen LogP contribution is -2.14. The van der Waals surface area contributed by atoms with Crippen molar-refractivity contribution >= 4 is 54.5 Å². The highest BCUT2D eigenvalue weighted by Crippen LogP contribution is 2.29. The summed E-state index contributed by atoms with van der Waals surface area (Å²) in [6, 6.07) is 17.4. The van der Waals surface area contributed by atoms with Crippen molar-refractivity contribution in [3.05, 3.63) is 86.4 Å². The van der Waals surface area contributed by atoms with Crippen LogP contribution in [0.4, 0.5) is 5.82 Å². The number of amides is 1. The molecule has 2 heterocycles. The topological polar surface area (TPSA) is 54.9 Å². The van der Waals surface area contributed by atoms with Crippen LogP contribution in [-0.2, 0) is 0 Å². The molecule has 1 amide bonds. The minimum atomic E-state index is -0.226. The van der Waals surface area contributed by atoms with Crippen molar-refractivity contribution in [3.63, 3.8) is 0 Å². The summed E-state index contributed by atoms with van der Waals surface area (Å²) in [5.74, 6) is 0.265. The van der Waals surface area contributed by atoms with Crippen LogP contribution in [0.3, 0.4) is 0 Å². The first kappa shape index (κ1) is 19.7. The molecular formula is C23H17Br2N3O. The first-order chi connectivity index (χ1) is 13.9. The Morgan fingerprint density at radius 3 is 2.41 bits per heavy atom. The van der Waals surface area contributed by atoms with Crippen LogP contribution in [0.15, 0.2) is 69.7 Å². The van der Waals surface area contributed by atoms with E-state index in [1.54, 1.807) is 12.3 Å². The maximum absolute atomic E-state index is 13.1. The van der Waals surface area contributed by atoms with Crippen LogP contribution in [0.5, 0.6) is 0 Å². The van der Waals surface area contributed by atoms with Crippen molar-refractivity contribution in [2.45, 2.75) is 13.8 Å². The molecule has 0 saturated carbocycles. The van der Waals surface area contributed by atoms with Gasteiger partial charge in [-0.3, -0.25) is 4.79 Å². The van der Waals surface area contributed by atoms with E-state index in [1.165, 1.54) is 11.1 Å². The lowest BCUT2D eigenvalue weighted by Gasteiger charge is -2.12. The molecule has 0 radical (unpaired) electrons. The smallest absolute Gasteiger partial charge is 0.257 e. The zero-order valence-electron chi connectivity index (χ0n) is 15.8. The maximum atomic E-state index is 13.1. The van der Waals surface area contributed by atoms with Gasteiger partial charge in [-0.15, -0.1) is 0 Å². The third-order valence-electron chi connectivity index (χ3n) is 4.79. The van der Waals surface area contributed by atoms with Gasteiger partial charge in [-0.25, -0.2) is 9.97 Å². The average Bonchev–Trinajstić information content (AvgIpc) is 2.71. The number of rotatable bonds is 3. The second-order valence-electron chi connectivity index (χ2n) is 6.83. The second kappa shape index (κ2) is 8.05. The third kappa shape index (κ3) is 4.23. The highest BCUT2D eigenvalue weighted by Gasteiger charge is 2.15. The van der Waals surface area contributed by atoms with Crippen LogP contribution < -0.4 is 5.32 Å². The molecule has 4 rings (SSSR count). The van der Waals surface area contributed by atoms with Crippen LogP contribution in [-0.4, -0.2) is 15.9 Å². The standard InChI is InChI=1S/C23H17Br2N3O/c1-13-3-4-15(9-14(13)2)21-11-19(18-10-16(24)5-7-20(18)27-21)23(29)28-22-8-6-17(25)12-26-22/h3-12H,1-2H3,(H,26,28,29). The molecule has 6 heteroatoms. The van der Waals surface area contributed by atoms with E-state index in [9.17, 15) is 4.79 Å². The van der Waals surface area contributed by atoms with Gasteiger partial charge in [0, 0.05) is 26.1 Å². The van der Waals surface area contributed by atoms with Gasteiger partial charge in [0.25, 0.3) is 5.91 Å². The van der Waals surface area contributed by atoms with Gasteiger partial charge in [-0.1, -0.05) is 28.1 Å². The SMILES string of the molecule is Cc1ccc(-c2cc(C(=O)Nc3ccc(Br)cn3)c3cc(Br)ccc3n2)cc1C. The summed E-state index contributed by atoms with van der Waals surface area (Å²) in [6.07, 6.45) is 1.65. The fraction of sp³-hybridized carbons (Fsp3) is 0.0870. The van der Waals surface area contributed by atoms with E-state index in [0.29, 0.717) is 11.4 Å². The molecule has 0 unspecified atom stereocenters. The van der Waals surface area contributed by atoms with E-state index in [-0.39, 0.29) is 5.91 Å².